The molecule has 0 saturated heterocycles. The normalized spacial score (nSPS) is 10.4. The second-order valence-corrected chi connectivity index (χ2v) is 4.16. The van der Waals surface area contributed by atoms with Crippen LogP contribution in [-0.4, -0.2) is 44.0 Å². The van der Waals surface area contributed by atoms with E-state index in [1.165, 1.54) is 0 Å². The van der Waals surface area contributed by atoms with Crippen LogP contribution in [0.1, 0.15) is 26.2 Å². The molecule has 1 atom stereocenters. The maximum atomic E-state index is 11.8. The van der Waals surface area contributed by atoms with Gasteiger partial charge in [-0.1, -0.05) is 12.3 Å². The van der Waals surface area contributed by atoms with E-state index >= 15 is 0 Å². The summed E-state index contributed by atoms with van der Waals surface area (Å²) in [6.07, 6.45) is 11.4. The lowest BCUT2D eigenvalue weighted by Crippen LogP contribution is -2.42. The highest BCUT2D eigenvalue weighted by Crippen LogP contribution is 2.04. The van der Waals surface area contributed by atoms with Crippen molar-refractivity contribution in [2.24, 2.45) is 0 Å². The number of hydrogen-bond acceptors (Lipinski definition) is 6. The summed E-state index contributed by atoms with van der Waals surface area (Å²) in [5, 5.41) is 4.81. The molecule has 1 unspecified atom stereocenters. The smallest absolute Gasteiger partial charge is 0.421 e. The van der Waals surface area contributed by atoms with Crippen LogP contribution in [0.25, 0.3) is 0 Å². The van der Waals surface area contributed by atoms with Crippen molar-refractivity contribution in [1.29, 1.82) is 0 Å². The van der Waals surface area contributed by atoms with Crippen LogP contribution in [0.3, 0.4) is 0 Å². The molecule has 0 radical (unpaired) electrons. The van der Waals surface area contributed by atoms with Gasteiger partial charge in [-0.2, -0.15) is 0 Å². The van der Waals surface area contributed by atoms with E-state index in [0.717, 1.165) is 0 Å². The summed E-state index contributed by atoms with van der Waals surface area (Å²) in [6.45, 7) is 1.97. The van der Waals surface area contributed by atoms with Gasteiger partial charge in [-0.05, 0) is 26.2 Å². The van der Waals surface area contributed by atoms with Crippen LogP contribution in [0, 0.1) is 24.9 Å². The Morgan fingerprint density at radius 2 is 1.87 bits per heavy atom. The molecule has 0 aromatic rings. The van der Waals surface area contributed by atoms with Gasteiger partial charge in [0.1, 0.15) is 12.1 Å². The van der Waals surface area contributed by atoms with Gasteiger partial charge in [-0.25, -0.2) is 14.4 Å². The summed E-state index contributed by atoms with van der Waals surface area (Å²) < 4.78 is 13.8. The summed E-state index contributed by atoms with van der Waals surface area (Å²) in [5.41, 5.74) is 0. The van der Waals surface area contributed by atoms with Crippen molar-refractivity contribution in [2.75, 3.05) is 19.8 Å². The van der Waals surface area contributed by atoms with Crippen molar-refractivity contribution in [3.05, 3.63) is 0 Å². The van der Waals surface area contributed by atoms with Gasteiger partial charge in [-0.3, -0.25) is 0 Å². The van der Waals surface area contributed by atoms with Crippen LogP contribution in [0.2, 0.25) is 0 Å². The van der Waals surface area contributed by atoms with Gasteiger partial charge in [0, 0.05) is 6.54 Å². The zero-order valence-electron chi connectivity index (χ0n) is 12.9. The number of alkyl carbamates (subject to hydrolysis) is 2. The predicted octanol–water partition coefficient (Wildman–Crippen LogP) is 0.765. The summed E-state index contributed by atoms with van der Waals surface area (Å²) >= 11 is 0. The van der Waals surface area contributed by atoms with E-state index in [1.54, 1.807) is 13.0 Å². The lowest BCUT2D eigenvalue weighted by atomic mass is 10.1. The van der Waals surface area contributed by atoms with Gasteiger partial charge in [0.15, 0.2) is 6.61 Å². The number of carbonyl (C=O) groups is 3. The Morgan fingerprint density at radius 3 is 2.48 bits per heavy atom. The number of terminal acetylenes is 2. The minimum absolute atomic E-state index is 0.190. The maximum Gasteiger partial charge on any atom is 0.421 e. The van der Waals surface area contributed by atoms with E-state index in [0.29, 0.717) is 25.8 Å². The Morgan fingerprint density at radius 1 is 1.13 bits per heavy atom. The number of amides is 2. The SMILES string of the molecule is C#CCOC(=O)NC(CCCCNC(=O)OC#C)C(=O)OCC. The van der Waals surface area contributed by atoms with Gasteiger partial charge < -0.3 is 24.8 Å². The fourth-order valence-corrected chi connectivity index (χ4v) is 1.54. The van der Waals surface area contributed by atoms with Crippen molar-refractivity contribution >= 4 is 18.2 Å². The zero-order chi connectivity index (χ0) is 17.5. The van der Waals surface area contributed by atoms with E-state index < -0.39 is 24.2 Å². The number of rotatable bonds is 9. The molecule has 0 aliphatic carbocycles. The van der Waals surface area contributed by atoms with E-state index in [2.05, 4.69) is 26.0 Å². The summed E-state index contributed by atoms with van der Waals surface area (Å²) in [5.74, 6) is 1.58. The molecule has 2 N–H and O–H groups in total. The molecule has 8 heteroatoms. The minimum atomic E-state index is -0.849. The maximum absolute atomic E-state index is 11.8. The third-order valence-electron chi connectivity index (χ3n) is 2.49. The molecule has 0 spiro atoms. The van der Waals surface area contributed by atoms with Crippen LogP contribution in [0.15, 0.2) is 0 Å². The molecule has 8 nitrogen and oxygen atoms in total. The largest absolute Gasteiger partial charge is 0.464 e. The monoisotopic (exact) mass is 324 g/mol. The quantitative estimate of drug-likeness (QED) is 0.281. The first-order valence-corrected chi connectivity index (χ1v) is 6.98. The van der Waals surface area contributed by atoms with E-state index in [1.807, 2.05) is 0 Å². The first kappa shape index (κ1) is 20.1. The fraction of sp³-hybridized carbons (Fsp3) is 0.533. The number of unbranched alkanes of at least 4 members (excludes halogenated alkanes) is 1. The number of ether oxygens (including phenoxy) is 3. The molecule has 0 aliphatic rings. The molecule has 0 aromatic heterocycles. The van der Waals surface area contributed by atoms with Crippen molar-refractivity contribution in [1.82, 2.24) is 10.6 Å². The summed E-state index contributed by atoms with van der Waals surface area (Å²) in [7, 11) is 0. The molecular formula is C15H20N2O6. The van der Waals surface area contributed by atoms with Crippen LogP contribution in [0.4, 0.5) is 9.59 Å². The van der Waals surface area contributed by atoms with Gasteiger partial charge in [0.2, 0.25) is 0 Å². The second-order valence-electron chi connectivity index (χ2n) is 4.16. The van der Waals surface area contributed by atoms with Crippen molar-refractivity contribution < 1.29 is 28.6 Å². The fourth-order valence-electron chi connectivity index (χ4n) is 1.54. The average Bonchev–Trinajstić information content (AvgIpc) is 2.51. The molecule has 126 valence electrons. The molecule has 0 fully saturated rings. The van der Waals surface area contributed by atoms with Crippen LogP contribution in [-0.2, 0) is 19.0 Å². The zero-order valence-corrected chi connectivity index (χ0v) is 12.9. The van der Waals surface area contributed by atoms with Crippen molar-refractivity contribution in [3.63, 3.8) is 0 Å². The van der Waals surface area contributed by atoms with Crippen LogP contribution in [0.5, 0.6) is 0 Å². The number of carbonyl (C=O) groups excluding carboxylic acids is 3. The summed E-state index contributed by atoms with van der Waals surface area (Å²) in [6, 6.07) is -0.849. The summed E-state index contributed by atoms with van der Waals surface area (Å²) in [4.78, 5) is 34.1. The molecule has 0 aromatic carbocycles. The first-order chi connectivity index (χ1) is 11.0. The molecule has 0 saturated carbocycles. The van der Waals surface area contributed by atoms with Gasteiger partial charge in [-0.15, -0.1) is 6.42 Å². The Hall–Kier alpha value is -2.87. The predicted molar refractivity (Wildman–Crippen MR) is 80.9 cm³/mol. The molecular weight excluding hydrogens is 304 g/mol. The highest BCUT2D eigenvalue weighted by molar-refractivity contribution is 5.81. The lowest BCUT2D eigenvalue weighted by molar-refractivity contribution is -0.145. The van der Waals surface area contributed by atoms with E-state index in [4.69, 9.17) is 17.6 Å². The van der Waals surface area contributed by atoms with Crippen molar-refractivity contribution in [3.8, 4) is 24.9 Å². The minimum Gasteiger partial charge on any atom is -0.464 e. The Bertz CT molecular complexity index is 477. The standard InChI is InChI=1S/C15H20N2O6/c1-4-11-23-15(20)17-12(13(18)21-5-2)9-7-8-10-16-14(19)22-6-3/h1,3,12H,5,7-11H2,2H3,(H,16,19)(H,17,20). The number of esters is 1. The topological polar surface area (TPSA) is 103 Å². The first-order valence-electron chi connectivity index (χ1n) is 6.98. The molecule has 2 amide bonds. The van der Waals surface area contributed by atoms with Crippen molar-refractivity contribution in [2.45, 2.75) is 32.2 Å². The second kappa shape index (κ2) is 12.8. The van der Waals surface area contributed by atoms with Gasteiger partial charge in [0.25, 0.3) is 0 Å². The highest BCUT2D eigenvalue weighted by atomic mass is 16.6. The Kier molecular flexibility index (Phi) is 11.2. The van der Waals surface area contributed by atoms with Gasteiger partial charge >= 0.3 is 18.2 Å². The lowest BCUT2D eigenvalue weighted by Gasteiger charge is -2.16. The van der Waals surface area contributed by atoms with E-state index in [9.17, 15) is 14.4 Å². The molecule has 0 aliphatic heterocycles. The van der Waals surface area contributed by atoms with E-state index in [-0.39, 0.29) is 13.2 Å². The average molecular weight is 324 g/mol. The molecule has 23 heavy (non-hydrogen) atoms. The third-order valence-corrected chi connectivity index (χ3v) is 2.49. The third kappa shape index (κ3) is 10.5. The highest BCUT2D eigenvalue weighted by Gasteiger charge is 2.22. The Balaban J connectivity index is 4.19. The molecule has 0 bridgehead atoms. The molecule has 0 heterocycles. The number of hydrogen-bond donors (Lipinski definition) is 2. The molecule has 0 rings (SSSR count). The van der Waals surface area contributed by atoms with Gasteiger partial charge in [0.05, 0.1) is 6.61 Å². The Labute approximate surface area is 135 Å². The van der Waals surface area contributed by atoms with Crippen LogP contribution >= 0.6 is 0 Å². The number of nitrogens with one attached hydrogen (secondary N) is 2. The van der Waals surface area contributed by atoms with Crippen LogP contribution < -0.4 is 10.6 Å².